The summed E-state index contributed by atoms with van der Waals surface area (Å²) in [5.41, 5.74) is 22.0. The highest BCUT2D eigenvalue weighted by molar-refractivity contribution is 5.82. The Labute approximate surface area is 382 Å². The summed E-state index contributed by atoms with van der Waals surface area (Å²) in [5, 5.41) is 0. The molecule has 12 rings (SSSR count). The van der Waals surface area contributed by atoms with Crippen molar-refractivity contribution >= 4 is 53.5 Å². The van der Waals surface area contributed by atoms with Crippen LogP contribution in [0.5, 0.6) is 0 Å². The van der Waals surface area contributed by atoms with E-state index in [1.807, 2.05) is 0 Å². The highest BCUT2D eigenvalue weighted by Crippen LogP contribution is 2.67. The molecule has 0 aromatic heterocycles. The van der Waals surface area contributed by atoms with E-state index in [1.54, 1.807) is 33.4 Å². The van der Waals surface area contributed by atoms with E-state index in [0.29, 0.717) is 51.8 Å². The first-order valence-corrected chi connectivity index (χ1v) is 24.5. The average Bonchev–Trinajstić information content (AvgIpc) is 4.07. The maximum atomic E-state index is 2.49. The molecule has 6 aliphatic carbocycles. The molecular weight excluding hydrogens is 771 g/mol. The molecule has 0 aliphatic heterocycles. The molecule has 0 amide bonds. The molecule has 3 saturated carbocycles. The van der Waals surface area contributed by atoms with Gasteiger partial charge in [-0.3, -0.25) is 0 Å². The molecule has 3 fully saturated rings. The third kappa shape index (κ3) is 6.09. The van der Waals surface area contributed by atoms with E-state index >= 15 is 0 Å². The largest absolute Gasteiger partial charge is 0.311 e. The second kappa shape index (κ2) is 14.7. The van der Waals surface area contributed by atoms with Gasteiger partial charge in [0.2, 0.25) is 0 Å². The number of hydrogen-bond donors (Lipinski definition) is 0. The Kier molecular flexibility index (Phi) is 9.15. The van der Waals surface area contributed by atoms with Crippen LogP contribution in [0.1, 0.15) is 182 Å². The Morgan fingerprint density at radius 1 is 0.328 bits per heavy atom. The van der Waals surface area contributed by atoms with E-state index in [-0.39, 0.29) is 0 Å². The maximum absolute atomic E-state index is 2.49. The van der Waals surface area contributed by atoms with Gasteiger partial charge in [0.25, 0.3) is 0 Å². The molecule has 320 valence electrons. The van der Waals surface area contributed by atoms with Crippen LogP contribution in [0, 0.1) is 16.2 Å². The summed E-state index contributed by atoms with van der Waals surface area (Å²) in [4.78, 5) is 2.41. The molecule has 0 N–H and O–H groups in total. The van der Waals surface area contributed by atoms with Crippen LogP contribution in [-0.4, -0.2) is 0 Å². The first-order valence-electron chi connectivity index (χ1n) is 24.5. The number of nitrogens with zero attached hydrogens (tertiary/aromatic N) is 1. The fourth-order valence-corrected chi connectivity index (χ4v) is 14.7. The number of fused-ring (bicyclic) bond motifs is 15. The van der Waals surface area contributed by atoms with Crippen molar-refractivity contribution in [1.82, 2.24) is 0 Å². The van der Waals surface area contributed by atoms with Gasteiger partial charge in [-0.25, -0.2) is 0 Å². The summed E-state index contributed by atoms with van der Waals surface area (Å²) in [6, 6.07) is 48.4. The van der Waals surface area contributed by atoms with Gasteiger partial charge in [-0.1, -0.05) is 169 Å². The quantitative estimate of drug-likeness (QED) is 0.131. The zero-order chi connectivity index (χ0) is 43.5. The molecule has 1 heteroatoms. The lowest BCUT2D eigenvalue weighted by atomic mass is 9.80. The molecule has 6 unspecified atom stereocenters. The minimum absolute atomic E-state index is 0.360. The lowest BCUT2D eigenvalue weighted by Crippen LogP contribution is -2.14. The lowest BCUT2D eigenvalue weighted by Gasteiger charge is -2.26. The minimum Gasteiger partial charge on any atom is -0.311 e. The molecule has 0 heterocycles. The summed E-state index contributed by atoms with van der Waals surface area (Å²) in [7, 11) is 0. The van der Waals surface area contributed by atoms with E-state index in [9.17, 15) is 0 Å². The van der Waals surface area contributed by atoms with Crippen molar-refractivity contribution in [2.45, 2.75) is 116 Å². The van der Waals surface area contributed by atoms with Crippen LogP contribution in [0.25, 0.3) is 36.5 Å². The van der Waals surface area contributed by atoms with Crippen molar-refractivity contribution in [2.75, 3.05) is 4.90 Å². The smallest absolute Gasteiger partial charge is 0.0462 e. The van der Waals surface area contributed by atoms with Gasteiger partial charge in [0.15, 0.2) is 0 Å². The van der Waals surface area contributed by atoms with Crippen LogP contribution in [0.2, 0.25) is 0 Å². The van der Waals surface area contributed by atoms with Crippen LogP contribution in [0.4, 0.5) is 17.1 Å². The number of rotatable bonds is 9. The highest BCUT2D eigenvalue weighted by Gasteiger charge is 2.54. The topological polar surface area (TPSA) is 3.24 Å². The van der Waals surface area contributed by atoms with Crippen molar-refractivity contribution in [2.24, 2.45) is 16.2 Å². The third-order valence-corrected chi connectivity index (χ3v) is 18.1. The van der Waals surface area contributed by atoms with Gasteiger partial charge < -0.3 is 4.90 Å². The monoisotopic (exact) mass is 833 g/mol. The molecule has 6 atom stereocenters. The molecule has 6 aliphatic rings. The van der Waals surface area contributed by atoms with Crippen molar-refractivity contribution in [3.63, 3.8) is 0 Å². The Morgan fingerprint density at radius 3 is 0.875 bits per heavy atom. The first-order chi connectivity index (χ1) is 31.0. The van der Waals surface area contributed by atoms with Gasteiger partial charge in [0.05, 0.1) is 0 Å². The van der Waals surface area contributed by atoms with Gasteiger partial charge in [-0.15, -0.1) is 0 Å². The van der Waals surface area contributed by atoms with Gasteiger partial charge in [0.1, 0.15) is 0 Å². The van der Waals surface area contributed by atoms with E-state index in [4.69, 9.17) is 0 Å². The third-order valence-electron chi connectivity index (χ3n) is 18.1. The Balaban J connectivity index is 0.838. The van der Waals surface area contributed by atoms with Crippen molar-refractivity contribution < 1.29 is 0 Å². The maximum Gasteiger partial charge on any atom is 0.0462 e. The number of benzene rings is 6. The Hall–Kier alpha value is -5.66. The summed E-state index contributed by atoms with van der Waals surface area (Å²) < 4.78 is 0. The summed E-state index contributed by atoms with van der Waals surface area (Å²) in [6.07, 6.45) is 22.0. The minimum atomic E-state index is 0.360. The molecule has 6 aromatic carbocycles. The normalized spacial score (nSPS) is 25.8. The van der Waals surface area contributed by atoms with E-state index in [1.165, 1.54) is 71.9 Å². The van der Waals surface area contributed by atoms with Crippen LogP contribution in [-0.2, 0) is 0 Å². The predicted molar refractivity (Wildman–Crippen MR) is 273 cm³/mol. The molecule has 6 aromatic rings. The number of anilines is 3. The molecule has 1 nitrogen and oxygen atoms in total. The van der Waals surface area contributed by atoms with Gasteiger partial charge in [-0.2, -0.15) is 0 Å². The molecule has 0 radical (unpaired) electrons. The van der Waals surface area contributed by atoms with Crippen molar-refractivity contribution in [3.8, 4) is 0 Å². The second-order valence-electron chi connectivity index (χ2n) is 22.2. The number of hydrogen-bond acceptors (Lipinski definition) is 1. The zero-order valence-electron chi connectivity index (χ0n) is 38.7. The van der Waals surface area contributed by atoms with Crippen molar-refractivity contribution in [3.05, 3.63) is 194 Å². The van der Waals surface area contributed by atoms with Crippen LogP contribution < -0.4 is 4.90 Å². The second-order valence-corrected chi connectivity index (χ2v) is 22.2. The zero-order valence-corrected chi connectivity index (χ0v) is 38.7. The lowest BCUT2D eigenvalue weighted by molar-refractivity contribution is 0.325. The summed E-state index contributed by atoms with van der Waals surface area (Å²) in [5.74, 6) is 4.07. The molecule has 6 bridgehead atoms. The van der Waals surface area contributed by atoms with Crippen LogP contribution in [0.3, 0.4) is 0 Å². The fourth-order valence-electron chi connectivity index (χ4n) is 14.7. The Morgan fingerprint density at radius 2 is 0.594 bits per heavy atom. The molecule has 0 spiro atoms. The van der Waals surface area contributed by atoms with Crippen LogP contribution >= 0.6 is 0 Å². The van der Waals surface area contributed by atoms with E-state index < -0.39 is 0 Å². The van der Waals surface area contributed by atoms with E-state index in [2.05, 4.69) is 210 Å². The highest BCUT2D eigenvalue weighted by atomic mass is 15.1. The Bertz CT molecular complexity index is 2560. The fraction of sp³-hybridized carbons (Fsp3) is 0.333. The van der Waals surface area contributed by atoms with Gasteiger partial charge in [0, 0.05) is 17.1 Å². The van der Waals surface area contributed by atoms with E-state index in [0.717, 1.165) is 17.1 Å². The van der Waals surface area contributed by atoms with Gasteiger partial charge >= 0.3 is 0 Å². The summed E-state index contributed by atoms with van der Waals surface area (Å²) >= 11 is 0. The molecule has 64 heavy (non-hydrogen) atoms. The molecular formula is C63H63N. The van der Waals surface area contributed by atoms with Crippen LogP contribution in [0.15, 0.2) is 127 Å². The average molecular weight is 834 g/mol. The predicted octanol–water partition coefficient (Wildman–Crippen LogP) is 17.7. The molecule has 0 saturated heterocycles. The standard InChI is InChI=1S/C63H63N/c1-61(2)52-34-37-55(61)58-43(10-7-13-49(52)58)25-16-40-19-28-46(29-20-40)64(47-30-21-41(22-31-47)17-26-44-11-8-14-50-53-35-38-56(59(44)50)62(53,3)4)48-32-23-42(24-33-48)18-27-45-12-9-15-51-54-36-39-57(60(45)51)63(54,5)6/h7-33,52-57H,34-39H2,1-6H3/b25-16+,26-17+,27-18+. The summed E-state index contributed by atoms with van der Waals surface area (Å²) in [6.45, 7) is 14.9. The SMILES string of the molecule is CC1(C)C2CCC1c1c(/C=C/c3ccc(N(c4ccc(/C=C/c5cccc6c5C5CCC6C5(C)C)cc4)c4ccc(/C=C/c5cccc6c5C5CCC6C5(C)C)cc4)cc3)cccc12. The first kappa shape index (κ1) is 39.9. The van der Waals surface area contributed by atoms with Gasteiger partial charge in [-0.05, 0) is 193 Å². The van der Waals surface area contributed by atoms with Crippen molar-refractivity contribution in [1.29, 1.82) is 0 Å².